The lowest BCUT2D eigenvalue weighted by Gasteiger charge is -2.25. The van der Waals surface area contributed by atoms with Gasteiger partial charge in [0.05, 0.1) is 12.5 Å². The smallest absolute Gasteiger partial charge is 0.344 e. The number of ether oxygens (including phenoxy) is 1. The van der Waals surface area contributed by atoms with E-state index in [4.69, 9.17) is 9.84 Å². The van der Waals surface area contributed by atoms with E-state index in [-0.39, 0.29) is 36.6 Å². The second kappa shape index (κ2) is 11.6. The molecule has 1 aliphatic heterocycles. The molecule has 0 bridgehead atoms. The highest BCUT2D eigenvalue weighted by Gasteiger charge is 2.34. The summed E-state index contributed by atoms with van der Waals surface area (Å²) < 4.78 is 19.2. The third kappa shape index (κ3) is 6.77. The molecule has 34 heavy (non-hydrogen) atoms. The first-order valence-electron chi connectivity index (χ1n) is 11.4. The van der Waals surface area contributed by atoms with Gasteiger partial charge in [-0.15, -0.1) is 0 Å². The Balaban J connectivity index is 1.50. The van der Waals surface area contributed by atoms with Crippen molar-refractivity contribution in [2.45, 2.75) is 57.3 Å². The molecular formula is C25H31FN3O5+. The van der Waals surface area contributed by atoms with Crippen molar-refractivity contribution in [3.8, 4) is 5.75 Å². The minimum absolute atomic E-state index is 0.147. The number of rotatable bonds is 10. The number of carboxylic acids is 1. The first-order valence-corrected chi connectivity index (χ1v) is 11.4. The summed E-state index contributed by atoms with van der Waals surface area (Å²) in [7, 11) is 0. The lowest BCUT2D eigenvalue weighted by Crippen LogP contribution is -2.63. The van der Waals surface area contributed by atoms with E-state index in [1.165, 1.54) is 13.0 Å². The zero-order chi connectivity index (χ0) is 24.7. The van der Waals surface area contributed by atoms with Gasteiger partial charge < -0.3 is 25.8 Å². The SMILES string of the molecule is CC(Oc1ccc(CNC(=O)[C@@H]2CCCN2C(=O)CC([NH3+])Cc2ccccc2F)cc1)C(=O)O. The first-order chi connectivity index (χ1) is 16.2. The number of hydrogen-bond acceptors (Lipinski definition) is 4. The fourth-order valence-corrected chi connectivity index (χ4v) is 4.00. The number of carbonyl (C=O) groups is 3. The van der Waals surface area contributed by atoms with Gasteiger partial charge in [0, 0.05) is 19.5 Å². The number of amides is 2. The molecule has 3 rings (SSSR count). The van der Waals surface area contributed by atoms with Gasteiger partial charge in [-0.25, -0.2) is 9.18 Å². The van der Waals surface area contributed by atoms with Crippen molar-refractivity contribution in [3.63, 3.8) is 0 Å². The molecule has 2 aromatic carbocycles. The summed E-state index contributed by atoms with van der Waals surface area (Å²) in [6, 6.07) is 12.4. The van der Waals surface area contributed by atoms with Crippen LogP contribution in [-0.2, 0) is 27.3 Å². The molecule has 9 heteroatoms. The number of carboxylic acid groups (broad SMARTS) is 1. The van der Waals surface area contributed by atoms with Crippen LogP contribution in [0, 0.1) is 5.82 Å². The molecule has 1 heterocycles. The number of halogens is 1. The predicted molar refractivity (Wildman–Crippen MR) is 122 cm³/mol. The fraction of sp³-hybridized carbons (Fsp3) is 0.400. The number of benzene rings is 2. The van der Waals surface area contributed by atoms with Crippen molar-refractivity contribution < 1.29 is 34.4 Å². The lowest BCUT2D eigenvalue weighted by molar-refractivity contribution is -0.418. The molecule has 2 amide bonds. The molecule has 8 nitrogen and oxygen atoms in total. The first kappa shape index (κ1) is 25.2. The molecule has 2 unspecified atom stereocenters. The van der Waals surface area contributed by atoms with E-state index in [0.717, 1.165) is 12.0 Å². The Labute approximate surface area is 197 Å². The van der Waals surface area contributed by atoms with Crippen LogP contribution in [0.1, 0.15) is 37.3 Å². The molecule has 1 fully saturated rings. The molecule has 0 aliphatic carbocycles. The molecule has 2 aromatic rings. The number of nitrogens with one attached hydrogen (secondary N) is 1. The van der Waals surface area contributed by atoms with Gasteiger partial charge in [-0.2, -0.15) is 0 Å². The Hall–Kier alpha value is -3.46. The van der Waals surface area contributed by atoms with E-state index in [9.17, 15) is 18.8 Å². The summed E-state index contributed by atoms with van der Waals surface area (Å²) in [5.41, 5.74) is 5.36. The Kier molecular flexibility index (Phi) is 8.59. The maximum Gasteiger partial charge on any atom is 0.344 e. The van der Waals surface area contributed by atoms with Crippen molar-refractivity contribution >= 4 is 17.8 Å². The number of aliphatic carboxylic acids is 1. The van der Waals surface area contributed by atoms with Crippen LogP contribution in [0.4, 0.5) is 4.39 Å². The minimum Gasteiger partial charge on any atom is -0.479 e. The normalized spacial score (nSPS) is 17.1. The molecule has 3 atom stereocenters. The van der Waals surface area contributed by atoms with E-state index in [0.29, 0.717) is 30.7 Å². The van der Waals surface area contributed by atoms with Crippen LogP contribution >= 0.6 is 0 Å². The molecule has 0 saturated carbocycles. The van der Waals surface area contributed by atoms with Crippen LogP contribution in [0.2, 0.25) is 0 Å². The zero-order valence-corrected chi connectivity index (χ0v) is 19.2. The standard InChI is InChI=1S/C25H30FN3O5/c1-16(25(32)33)34-20-10-8-17(9-11-20)15-28-24(31)22-7-4-12-29(22)23(30)14-19(27)13-18-5-2-3-6-21(18)26/h2-3,5-6,8-11,16,19,22H,4,7,12-15,27H2,1H3,(H,28,31)(H,32,33)/p+1/t16?,19?,22-/m0/s1. The van der Waals surface area contributed by atoms with Crippen molar-refractivity contribution in [3.05, 3.63) is 65.5 Å². The van der Waals surface area contributed by atoms with Crippen LogP contribution in [0.5, 0.6) is 5.75 Å². The van der Waals surface area contributed by atoms with Crippen molar-refractivity contribution in [1.29, 1.82) is 0 Å². The Morgan fingerprint density at radius 1 is 1.21 bits per heavy atom. The van der Waals surface area contributed by atoms with Gasteiger partial charge in [0.2, 0.25) is 11.8 Å². The lowest BCUT2D eigenvalue weighted by atomic mass is 10.0. The van der Waals surface area contributed by atoms with Gasteiger partial charge in [0.1, 0.15) is 17.6 Å². The van der Waals surface area contributed by atoms with Gasteiger partial charge in [-0.1, -0.05) is 30.3 Å². The van der Waals surface area contributed by atoms with Gasteiger partial charge >= 0.3 is 5.97 Å². The molecule has 1 aliphatic rings. The van der Waals surface area contributed by atoms with E-state index in [1.54, 1.807) is 47.4 Å². The number of likely N-dealkylation sites (tertiary alicyclic amines) is 1. The van der Waals surface area contributed by atoms with Gasteiger partial charge in [0.25, 0.3) is 0 Å². The number of carbonyl (C=O) groups excluding carboxylic acids is 2. The Morgan fingerprint density at radius 3 is 2.59 bits per heavy atom. The van der Waals surface area contributed by atoms with Crippen LogP contribution in [0.25, 0.3) is 0 Å². The maximum atomic E-state index is 13.9. The minimum atomic E-state index is -1.05. The van der Waals surface area contributed by atoms with E-state index in [1.807, 2.05) is 0 Å². The molecule has 1 saturated heterocycles. The summed E-state index contributed by atoms with van der Waals surface area (Å²) >= 11 is 0. The highest BCUT2D eigenvalue weighted by molar-refractivity contribution is 5.88. The fourth-order valence-electron chi connectivity index (χ4n) is 4.00. The summed E-state index contributed by atoms with van der Waals surface area (Å²) in [6.45, 7) is 2.23. The summed E-state index contributed by atoms with van der Waals surface area (Å²) in [6.07, 6.45) is 0.878. The van der Waals surface area contributed by atoms with Crippen LogP contribution < -0.4 is 15.8 Å². The average molecular weight is 473 g/mol. The van der Waals surface area contributed by atoms with Gasteiger partial charge in [-0.05, 0) is 49.1 Å². The largest absolute Gasteiger partial charge is 0.479 e. The molecule has 0 radical (unpaired) electrons. The van der Waals surface area contributed by atoms with Crippen LogP contribution in [0.15, 0.2) is 48.5 Å². The Morgan fingerprint density at radius 2 is 1.91 bits per heavy atom. The zero-order valence-electron chi connectivity index (χ0n) is 19.2. The maximum absolute atomic E-state index is 13.9. The quantitative estimate of drug-likeness (QED) is 0.484. The highest BCUT2D eigenvalue weighted by atomic mass is 19.1. The second-order valence-corrected chi connectivity index (χ2v) is 8.57. The van der Waals surface area contributed by atoms with Crippen molar-refractivity contribution in [2.24, 2.45) is 0 Å². The predicted octanol–water partition coefficient (Wildman–Crippen LogP) is 1.53. The van der Waals surface area contributed by atoms with E-state index in [2.05, 4.69) is 11.1 Å². The van der Waals surface area contributed by atoms with Gasteiger partial charge in [-0.3, -0.25) is 9.59 Å². The van der Waals surface area contributed by atoms with Crippen LogP contribution in [0.3, 0.4) is 0 Å². The summed E-state index contributed by atoms with van der Waals surface area (Å²) in [5.74, 6) is -1.30. The number of hydrogen-bond donors (Lipinski definition) is 3. The number of quaternary nitrogens is 1. The molecule has 182 valence electrons. The topological polar surface area (TPSA) is 124 Å². The highest BCUT2D eigenvalue weighted by Crippen LogP contribution is 2.20. The summed E-state index contributed by atoms with van der Waals surface area (Å²) in [4.78, 5) is 38.1. The monoisotopic (exact) mass is 472 g/mol. The molecular weight excluding hydrogens is 441 g/mol. The van der Waals surface area contributed by atoms with Gasteiger partial charge in [0.15, 0.2) is 6.10 Å². The molecule has 0 spiro atoms. The number of nitrogens with zero attached hydrogens (tertiary/aromatic N) is 1. The summed E-state index contributed by atoms with van der Waals surface area (Å²) in [5, 5.41) is 11.8. The third-order valence-electron chi connectivity index (χ3n) is 5.86. The van der Waals surface area contributed by atoms with Crippen molar-refractivity contribution in [2.75, 3.05) is 6.54 Å². The molecule has 0 aromatic heterocycles. The van der Waals surface area contributed by atoms with E-state index < -0.39 is 18.1 Å². The average Bonchev–Trinajstić information content (AvgIpc) is 3.30. The molecule has 5 N–H and O–H groups in total. The second-order valence-electron chi connectivity index (χ2n) is 8.57. The third-order valence-corrected chi connectivity index (χ3v) is 5.86. The van der Waals surface area contributed by atoms with E-state index >= 15 is 0 Å². The van der Waals surface area contributed by atoms with Crippen LogP contribution in [-0.4, -0.2) is 52.5 Å². The Bertz CT molecular complexity index is 1010. The van der Waals surface area contributed by atoms with Crippen molar-refractivity contribution in [1.82, 2.24) is 10.2 Å².